The van der Waals surface area contributed by atoms with Crippen molar-refractivity contribution in [3.63, 3.8) is 0 Å². The van der Waals surface area contributed by atoms with Gasteiger partial charge < -0.3 is 10.4 Å². The summed E-state index contributed by atoms with van der Waals surface area (Å²) in [5.74, 6) is -1.75. The maximum absolute atomic E-state index is 12.3. The summed E-state index contributed by atoms with van der Waals surface area (Å²) in [7, 11) is -3.04. The van der Waals surface area contributed by atoms with E-state index in [4.69, 9.17) is 16.7 Å². The molecule has 0 unspecified atom stereocenters. The highest BCUT2D eigenvalue weighted by molar-refractivity contribution is 7.91. The van der Waals surface area contributed by atoms with E-state index in [0.717, 1.165) is 0 Å². The van der Waals surface area contributed by atoms with Crippen molar-refractivity contribution in [3.05, 3.63) is 34.9 Å². The molecule has 1 atom stereocenters. The number of sulfone groups is 1. The lowest BCUT2D eigenvalue weighted by Gasteiger charge is -2.24. The molecule has 0 saturated carbocycles. The zero-order valence-electron chi connectivity index (χ0n) is 12.4. The zero-order valence-corrected chi connectivity index (χ0v) is 13.9. The van der Waals surface area contributed by atoms with Gasteiger partial charge in [-0.2, -0.15) is 0 Å². The number of halogens is 1. The van der Waals surface area contributed by atoms with Crippen LogP contribution in [0.1, 0.15) is 30.9 Å². The number of aliphatic carboxylic acids is 1. The molecule has 1 heterocycles. The van der Waals surface area contributed by atoms with E-state index in [0.29, 0.717) is 10.6 Å². The second kappa shape index (κ2) is 7.31. The van der Waals surface area contributed by atoms with Crippen LogP contribution >= 0.6 is 11.6 Å². The molecule has 0 aliphatic carbocycles. The molecule has 1 aliphatic heterocycles. The minimum absolute atomic E-state index is 0.00434. The van der Waals surface area contributed by atoms with Gasteiger partial charge in [0.25, 0.3) is 0 Å². The van der Waals surface area contributed by atoms with Crippen LogP contribution in [0.15, 0.2) is 24.3 Å². The van der Waals surface area contributed by atoms with Crippen LogP contribution in [0.25, 0.3) is 0 Å². The third-order valence-electron chi connectivity index (χ3n) is 3.89. The van der Waals surface area contributed by atoms with Crippen LogP contribution in [0.4, 0.5) is 0 Å². The minimum atomic E-state index is -3.04. The first-order valence-electron chi connectivity index (χ1n) is 7.25. The van der Waals surface area contributed by atoms with Gasteiger partial charge in [-0.1, -0.05) is 23.7 Å². The van der Waals surface area contributed by atoms with Crippen molar-refractivity contribution < 1.29 is 23.1 Å². The lowest BCUT2D eigenvalue weighted by atomic mass is 9.99. The third-order valence-corrected chi connectivity index (χ3v) is 5.86. The van der Waals surface area contributed by atoms with Crippen molar-refractivity contribution in [1.29, 1.82) is 0 Å². The van der Waals surface area contributed by atoms with Crippen LogP contribution in [-0.2, 0) is 19.4 Å². The Morgan fingerprint density at radius 3 is 2.30 bits per heavy atom. The predicted molar refractivity (Wildman–Crippen MR) is 86.0 cm³/mol. The number of benzene rings is 1. The first-order valence-corrected chi connectivity index (χ1v) is 9.45. The predicted octanol–water partition coefficient (Wildman–Crippen LogP) is 1.80. The Kier molecular flexibility index (Phi) is 5.64. The molecule has 126 valence electrons. The van der Waals surface area contributed by atoms with Gasteiger partial charge in [0.2, 0.25) is 5.91 Å². The summed E-state index contributed by atoms with van der Waals surface area (Å²) in [4.78, 5) is 23.4. The van der Waals surface area contributed by atoms with Crippen molar-refractivity contribution >= 4 is 33.3 Å². The quantitative estimate of drug-likeness (QED) is 0.834. The number of nitrogens with one attached hydrogen (secondary N) is 1. The van der Waals surface area contributed by atoms with Gasteiger partial charge in [0.1, 0.15) is 9.84 Å². The van der Waals surface area contributed by atoms with Gasteiger partial charge >= 0.3 is 5.97 Å². The maximum atomic E-state index is 12.3. The molecule has 0 spiro atoms. The van der Waals surface area contributed by atoms with Crippen molar-refractivity contribution in [2.75, 3.05) is 11.5 Å². The Balaban J connectivity index is 2.07. The highest BCUT2D eigenvalue weighted by atomic mass is 35.5. The number of carboxylic acid groups (broad SMARTS) is 1. The third kappa shape index (κ3) is 5.21. The Morgan fingerprint density at radius 1 is 1.22 bits per heavy atom. The van der Waals surface area contributed by atoms with E-state index < -0.39 is 27.8 Å². The summed E-state index contributed by atoms with van der Waals surface area (Å²) in [5.41, 5.74) is 0.647. The number of carboxylic acids is 1. The molecule has 8 heteroatoms. The standard InChI is InChI=1S/C15H18ClNO5S/c16-12-3-1-10(2-4-12)13(9-14(18)19)17-15(20)11-5-7-23(21,22)8-6-11/h1-4,11,13H,5-9H2,(H,17,20)(H,18,19)/t13-/m0/s1. The van der Waals surface area contributed by atoms with Gasteiger partial charge in [-0.3, -0.25) is 9.59 Å². The van der Waals surface area contributed by atoms with Crippen molar-refractivity contribution in [2.24, 2.45) is 5.92 Å². The number of amides is 1. The van der Waals surface area contributed by atoms with Crippen LogP contribution in [0, 0.1) is 5.92 Å². The Labute approximate surface area is 139 Å². The van der Waals surface area contributed by atoms with Gasteiger partial charge in [0, 0.05) is 10.9 Å². The van der Waals surface area contributed by atoms with Crippen molar-refractivity contribution in [2.45, 2.75) is 25.3 Å². The molecule has 0 radical (unpaired) electrons. The van der Waals surface area contributed by atoms with Gasteiger partial charge in [0.05, 0.1) is 24.0 Å². The molecule has 1 aromatic carbocycles. The summed E-state index contributed by atoms with van der Waals surface area (Å²) < 4.78 is 22.8. The first kappa shape index (κ1) is 17.7. The van der Waals surface area contributed by atoms with E-state index in [1.807, 2.05) is 0 Å². The zero-order chi connectivity index (χ0) is 17.0. The molecule has 1 aliphatic rings. The van der Waals surface area contributed by atoms with Gasteiger partial charge in [-0.15, -0.1) is 0 Å². The summed E-state index contributed by atoms with van der Waals surface area (Å²) in [6, 6.07) is 5.93. The van der Waals surface area contributed by atoms with Crippen molar-refractivity contribution in [1.82, 2.24) is 5.32 Å². The lowest BCUT2D eigenvalue weighted by Crippen LogP contribution is -2.38. The molecule has 1 aromatic rings. The molecule has 1 amide bonds. The average Bonchev–Trinajstić information content (AvgIpc) is 2.46. The number of carbonyl (C=O) groups is 2. The smallest absolute Gasteiger partial charge is 0.305 e. The number of rotatable bonds is 5. The van der Waals surface area contributed by atoms with Gasteiger partial charge in [-0.05, 0) is 30.5 Å². The van der Waals surface area contributed by atoms with Crippen LogP contribution in [0.3, 0.4) is 0 Å². The first-order chi connectivity index (χ1) is 10.8. The summed E-state index contributed by atoms with van der Waals surface area (Å²) in [6.45, 7) is 0. The van der Waals surface area contributed by atoms with E-state index >= 15 is 0 Å². The molecule has 6 nitrogen and oxygen atoms in total. The molecule has 23 heavy (non-hydrogen) atoms. The minimum Gasteiger partial charge on any atom is -0.481 e. The molecular formula is C15H18ClNO5S. The fourth-order valence-corrected chi connectivity index (χ4v) is 4.18. The fourth-order valence-electron chi connectivity index (χ4n) is 2.56. The fraction of sp³-hybridized carbons (Fsp3) is 0.467. The van der Waals surface area contributed by atoms with Crippen LogP contribution in [0.2, 0.25) is 5.02 Å². The average molecular weight is 360 g/mol. The number of hydrogen-bond acceptors (Lipinski definition) is 4. The number of carbonyl (C=O) groups excluding carboxylic acids is 1. The van der Waals surface area contributed by atoms with Gasteiger partial charge in [0.15, 0.2) is 0 Å². The normalized spacial score (nSPS) is 19.0. The Hall–Kier alpha value is -1.60. The molecule has 1 saturated heterocycles. The van der Waals surface area contributed by atoms with Crippen LogP contribution < -0.4 is 5.32 Å². The number of hydrogen-bond donors (Lipinski definition) is 2. The Bertz CT molecular complexity index is 672. The van der Waals surface area contributed by atoms with Gasteiger partial charge in [-0.25, -0.2) is 8.42 Å². The monoisotopic (exact) mass is 359 g/mol. The second-order valence-corrected chi connectivity index (χ2v) is 8.38. The largest absolute Gasteiger partial charge is 0.481 e. The molecule has 2 N–H and O–H groups in total. The highest BCUT2D eigenvalue weighted by Gasteiger charge is 2.30. The Morgan fingerprint density at radius 2 is 1.78 bits per heavy atom. The summed E-state index contributed by atoms with van der Waals surface area (Å²) >= 11 is 5.82. The van der Waals surface area contributed by atoms with E-state index in [1.54, 1.807) is 24.3 Å². The topological polar surface area (TPSA) is 101 Å². The van der Waals surface area contributed by atoms with E-state index in [-0.39, 0.29) is 36.7 Å². The highest BCUT2D eigenvalue weighted by Crippen LogP contribution is 2.23. The molecule has 1 fully saturated rings. The summed E-state index contributed by atoms with van der Waals surface area (Å²) in [6.07, 6.45) is 0.293. The molecule has 2 rings (SSSR count). The SMILES string of the molecule is O=C(O)C[C@H](NC(=O)C1CCS(=O)(=O)CC1)c1ccc(Cl)cc1. The van der Waals surface area contributed by atoms with Crippen LogP contribution in [0.5, 0.6) is 0 Å². The molecular weight excluding hydrogens is 342 g/mol. The van der Waals surface area contributed by atoms with E-state index in [9.17, 15) is 18.0 Å². The van der Waals surface area contributed by atoms with Crippen molar-refractivity contribution in [3.8, 4) is 0 Å². The van der Waals surface area contributed by atoms with E-state index in [2.05, 4.69) is 5.32 Å². The van der Waals surface area contributed by atoms with Crippen LogP contribution in [-0.4, -0.2) is 36.9 Å². The molecule has 0 bridgehead atoms. The second-order valence-electron chi connectivity index (χ2n) is 5.64. The maximum Gasteiger partial charge on any atom is 0.305 e. The molecule has 0 aromatic heterocycles. The van der Waals surface area contributed by atoms with E-state index in [1.165, 1.54) is 0 Å². The lowest BCUT2D eigenvalue weighted by molar-refractivity contribution is -0.138. The summed E-state index contributed by atoms with van der Waals surface area (Å²) in [5, 5.41) is 12.3.